The highest BCUT2D eigenvalue weighted by atomic mass is 31.1. The minimum Gasteiger partial charge on any atom is -0.507 e. The second-order valence-electron chi connectivity index (χ2n) is 17.3. The van der Waals surface area contributed by atoms with Gasteiger partial charge in [0.2, 0.25) is 0 Å². The van der Waals surface area contributed by atoms with Crippen molar-refractivity contribution in [1.82, 2.24) is 0 Å². The molecule has 0 fully saturated rings. The minimum atomic E-state index is -0.981. The number of ether oxygens (including phenoxy) is 3. The lowest BCUT2D eigenvalue weighted by Crippen LogP contribution is -2.19. The molecule has 4 atom stereocenters. The number of carbonyl (C=O) groups is 3. The van der Waals surface area contributed by atoms with Gasteiger partial charge in [0, 0.05) is 16.2 Å². The third kappa shape index (κ3) is 14.9. The summed E-state index contributed by atoms with van der Waals surface area (Å²) in [5.41, 5.74) is 6.10. The summed E-state index contributed by atoms with van der Waals surface area (Å²) in [6, 6.07) is 39.7. The Morgan fingerprint density at radius 2 is 0.704 bits per heavy atom. The van der Waals surface area contributed by atoms with Gasteiger partial charge >= 0.3 is 17.9 Å². The molecule has 0 heterocycles. The van der Waals surface area contributed by atoms with E-state index in [0.29, 0.717) is 17.1 Å². The molecule has 0 aromatic heterocycles. The minimum absolute atomic E-state index is 0.0401. The number of carboxylic acid groups (broad SMARTS) is 1. The summed E-state index contributed by atoms with van der Waals surface area (Å²) in [5.74, 6) is 1.49. The second kappa shape index (κ2) is 26.6. The average molecular weight is 1040 g/mol. The summed E-state index contributed by atoms with van der Waals surface area (Å²) in [5, 5.41) is 19.4. The average Bonchev–Trinajstić information content (AvgIpc) is 3.37. The van der Waals surface area contributed by atoms with Crippen LogP contribution in [0.15, 0.2) is 127 Å². The van der Waals surface area contributed by atoms with Crippen LogP contribution >= 0.6 is 35.2 Å². The molecule has 0 aliphatic rings. The maximum atomic E-state index is 12.3. The van der Waals surface area contributed by atoms with Crippen molar-refractivity contribution >= 4 is 53.1 Å². The van der Waals surface area contributed by atoms with E-state index < -0.39 is 11.9 Å². The maximum Gasteiger partial charge on any atom is 0.344 e. The van der Waals surface area contributed by atoms with Crippen LogP contribution in [-0.4, -0.2) is 76.1 Å². The molecular weight excluding hydrogens is 976 g/mol. The Labute approximate surface area is 426 Å². The summed E-state index contributed by atoms with van der Waals surface area (Å²) in [6.45, 7) is 19.9. The number of hydrogen-bond acceptors (Lipinski definition) is 11. The molecule has 0 saturated carbocycles. The van der Waals surface area contributed by atoms with Gasteiger partial charge in [0.25, 0.3) is 0 Å². The molecule has 0 saturated heterocycles. The van der Waals surface area contributed by atoms with Crippen molar-refractivity contribution in [2.75, 3.05) is 48.0 Å². The summed E-state index contributed by atoms with van der Waals surface area (Å²) in [7, 11) is 5.52. The third-order valence-electron chi connectivity index (χ3n) is 12.0. The van der Waals surface area contributed by atoms with Crippen molar-refractivity contribution < 1.29 is 56.9 Å². The van der Waals surface area contributed by atoms with Crippen molar-refractivity contribution in [3.63, 3.8) is 0 Å². The summed E-state index contributed by atoms with van der Waals surface area (Å²) in [6.07, 6.45) is 0. The van der Waals surface area contributed by atoms with E-state index in [1.54, 1.807) is 46.2 Å². The van der Waals surface area contributed by atoms with Gasteiger partial charge in [0.15, 0.2) is 0 Å². The number of methoxy groups -OCH3 is 3. The Kier molecular flexibility index (Phi) is 21.7. The summed E-state index contributed by atoms with van der Waals surface area (Å²) in [4.78, 5) is 35.8. The SMILES string of the molecule is COc1ccc(C(C)(C)c2ccc(O)c(C(=O)OPC)c2)cc1.COc1ccc(C(C)(C)c2ccc(OPC)c(C(=O)O)c2)cc1.COc1ccc(C(C)(C)c2ccc(OPC)c(C(=O)OPC)c2)cc1. The standard InChI is InChI=1S/C19H24O4P2.2C18H21O4P/c1-19(2,13-6-9-15(21-3)10-7-13)14-8-11-17(22-24-4)16(12-14)18(20)23-25-5;1-18(2,12-5-8-14(21-3)9-6-12)13-7-10-16(22-23-4)15(11-13)17(19)20;1-18(2,12-5-8-14(21-3)9-6-12)13-7-10-16(19)15(11-13)17(20)22-23-4/h6-12,24-25H,1-5H3;5-11,23H,1-4H3,(H,19,20);5-11,19,23H,1-4H3. The number of aromatic carboxylic acids is 1. The van der Waals surface area contributed by atoms with Crippen LogP contribution < -0.4 is 23.3 Å². The van der Waals surface area contributed by atoms with Crippen molar-refractivity contribution in [1.29, 1.82) is 0 Å². The first-order chi connectivity index (χ1) is 33.7. The number of phenols is 1. The Bertz CT molecular complexity index is 2700. The van der Waals surface area contributed by atoms with Crippen molar-refractivity contribution in [3.8, 4) is 34.5 Å². The Morgan fingerprint density at radius 1 is 0.408 bits per heavy atom. The smallest absolute Gasteiger partial charge is 0.344 e. The van der Waals surface area contributed by atoms with Gasteiger partial charge in [-0.1, -0.05) is 96.1 Å². The number of carbonyl (C=O) groups excluding carboxylic acids is 2. The molecule has 16 heteroatoms. The van der Waals surface area contributed by atoms with Gasteiger partial charge in [0.05, 0.1) is 56.6 Å². The van der Waals surface area contributed by atoms with Crippen molar-refractivity contribution in [2.45, 2.75) is 57.8 Å². The van der Waals surface area contributed by atoms with E-state index >= 15 is 0 Å². The first-order valence-corrected chi connectivity index (χ1v) is 28.1. The lowest BCUT2D eigenvalue weighted by molar-refractivity contribution is 0.0692. The van der Waals surface area contributed by atoms with Crippen molar-refractivity contribution in [2.24, 2.45) is 0 Å². The molecule has 0 aliphatic carbocycles. The zero-order chi connectivity index (χ0) is 52.5. The van der Waals surface area contributed by atoms with Crippen LogP contribution in [0.4, 0.5) is 0 Å². The van der Waals surface area contributed by atoms with Crippen LogP contribution in [0.2, 0.25) is 0 Å². The fourth-order valence-corrected chi connectivity index (χ4v) is 8.86. The number of hydrogen-bond donors (Lipinski definition) is 2. The third-order valence-corrected chi connectivity index (χ3v) is 13.7. The van der Waals surface area contributed by atoms with Crippen LogP contribution in [0, 0.1) is 0 Å². The van der Waals surface area contributed by atoms with Gasteiger partial charge in [-0.2, -0.15) is 0 Å². The molecule has 0 amide bonds. The molecule has 4 unspecified atom stereocenters. The number of rotatable bonds is 18. The number of aromatic hydroxyl groups is 1. The number of carboxylic acids is 1. The van der Waals surface area contributed by atoms with Crippen LogP contribution in [0.1, 0.15) is 106 Å². The zero-order valence-electron chi connectivity index (χ0n) is 42.6. The summed E-state index contributed by atoms with van der Waals surface area (Å²) < 4.78 is 36.9. The van der Waals surface area contributed by atoms with Crippen molar-refractivity contribution in [3.05, 3.63) is 177 Å². The van der Waals surface area contributed by atoms with Gasteiger partial charge in [0.1, 0.15) is 51.2 Å². The van der Waals surface area contributed by atoms with E-state index in [1.165, 1.54) is 6.07 Å². The van der Waals surface area contributed by atoms with E-state index in [4.69, 9.17) is 32.3 Å². The molecule has 0 radical (unpaired) electrons. The monoisotopic (exact) mass is 1040 g/mol. The number of phenolic OH excluding ortho intramolecular Hbond substituents is 1. The van der Waals surface area contributed by atoms with Gasteiger partial charge in [-0.15, -0.1) is 0 Å². The highest BCUT2D eigenvalue weighted by Crippen LogP contribution is 2.39. The highest BCUT2D eigenvalue weighted by Gasteiger charge is 2.29. The molecule has 6 rings (SSSR count). The largest absolute Gasteiger partial charge is 0.507 e. The van der Waals surface area contributed by atoms with Gasteiger partial charge in [-0.05, 0) is 133 Å². The Hall–Kier alpha value is -5.75. The Balaban J connectivity index is 0.000000232. The zero-order valence-corrected chi connectivity index (χ0v) is 46.6. The molecule has 0 aliphatic heterocycles. The molecule has 6 aromatic carbocycles. The molecular formula is C55H66O12P4. The maximum absolute atomic E-state index is 12.3. The predicted octanol–water partition coefficient (Wildman–Crippen LogP) is 13.4. The van der Waals surface area contributed by atoms with Gasteiger partial charge in [-0.3, -0.25) is 0 Å². The van der Waals surface area contributed by atoms with Crippen LogP contribution in [-0.2, 0) is 25.3 Å². The highest BCUT2D eigenvalue weighted by molar-refractivity contribution is 7.32. The van der Waals surface area contributed by atoms with Gasteiger partial charge < -0.3 is 42.5 Å². The van der Waals surface area contributed by atoms with E-state index in [2.05, 4.69) is 41.5 Å². The van der Waals surface area contributed by atoms with E-state index in [1.807, 2.05) is 123 Å². The molecule has 2 N–H and O–H groups in total. The molecule has 12 nitrogen and oxygen atoms in total. The van der Waals surface area contributed by atoms with E-state index in [9.17, 15) is 24.6 Å². The molecule has 0 spiro atoms. The topological polar surface area (TPSA) is 156 Å². The quantitative estimate of drug-likeness (QED) is 0.0787. The van der Waals surface area contributed by atoms with E-state index in [0.717, 1.165) is 50.6 Å². The van der Waals surface area contributed by atoms with Crippen LogP contribution in [0.25, 0.3) is 0 Å². The molecule has 378 valence electrons. The van der Waals surface area contributed by atoms with E-state index in [-0.39, 0.29) is 74.3 Å². The second-order valence-corrected chi connectivity index (χ2v) is 19.8. The summed E-state index contributed by atoms with van der Waals surface area (Å²) >= 11 is 0. The predicted molar refractivity (Wildman–Crippen MR) is 292 cm³/mol. The fourth-order valence-electron chi connectivity index (χ4n) is 7.47. The normalized spacial score (nSPS) is 11.8. The first kappa shape index (κ1) is 57.8. The Morgan fingerprint density at radius 3 is 1.03 bits per heavy atom. The molecule has 71 heavy (non-hydrogen) atoms. The fraction of sp³-hybridized carbons (Fsp3) is 0.291. The number of benzene rings is 6. The lowest BCUT2D eigenvalue weighted by Gasteiger charge is -2.27. The molecule has 0 bridgehead atoms. The van der Waals surface area contributed by atoms with Crippen LogP contribution in [0.5, 0.6) is 34.5 Å². The molecule has 6 aromatic rings. The van der Waals surface area contributed by atoms with Crippen LogP contribution in [0.3, 0.4) is 0 Å². The first-order valence-electron chi connectivity index (χ1n) is 22.5. The van der Waals surface area contributed by atoms with Gasteiger partial charge in [-0.25, -0.2) is 14.4 Å². The lowest BCUT2D eigenvalue weighted by atomic mass is 9.77.